The minimum atomic E-state index is -1.01. The highest BCUT2D eigenvalue weighted by molar-refractivity contribution is 5.77. The number of hydrogen-bond donors (Lipinski definition) is 2. The first-order valence-corrected chi connectivity index (χ1v) is 16.7. The van der Waals surface area contributed by atoms with Gasteiger partial charge in [0, 0.05) is 52.1 Å². The maximum absolute atomic E-state index is 13.9. The van der Waals surface area contributed by atoms with Crippen LogP contribution in [0.2, 0.25) is 0 Å². The number of carbonyl (C=O) groups is 3. The second-order valence-electron chi connectivity index (χ2n) is 12.4. The first-order chi connectivity index (χ1) is 23.3. The van der Waals surface area contributed by atoms with Gasteiger partial charge in [-0.25, -0.2) is 4.79 Å². The van der Waals surface area contributed by atoms with Crippen molar-refractivity contribution in [1.82, 2.24) is 15.1 Å². The first kappa shape index (κ1) is 34.4. The number of aryl methyl sites for hydroxylation is 1. The van der Waals surface area contributed by atoms with Crippen molar-refractivity contribution < 1.29 is 24.2 Å². The lowest BCUT2D eigenvalue weighted by Crippen LogP contribution is -2.55. The number of nitrogens with zero attached hydrogens (tertiary/aromatic N) is 2. The van der Waals surface area contributed by atoms with E-state index in [0.717, 1.165) is 38.0 Å². The van der Waals surface area contributed by atoms with Crippen LogP contribution in [0.5, 0.6) is 5.75 Å². The number of ether oxygens (including phenoxy) is 1. The van der Waals surface area contributed by atoms with E-state index in [4.69, 9.17) is 9.84 Å². The van der Waals surface area contributed by atoms with Crippen molar-refractivity contribution in [3.63, 3.8) is 0 Å². The summed E-state index contributed by atoms with van der Waals surface area (Å²) >= 11 is 0. The topological polar surface area (TPSA) is 99.2 Å². The summed E-state index contributed by atoms with van der Waals surface area (Å²) in [4.78, 5) is 40.7. The molecular weight excluding hydrogens is 602 g/mol. The molecule has 1 fully saturated rings. The van der Waals surface area contributed by atoms with Crippen LogP contribution in [-0.2, 0) is 46.6 Å². The lowest BCUT2D eigenvalue weighted by molar-refractivity contribution is -0.139. The van der Waals surface area contributed by atoms with Gasteiger partial charge in [0.05, 0.1) is 0 Å². The molecule has 8 nitrogen and oxygen atoms in total. The average molecular weight is 648 g/mol. The van der Waals surface area contributed by atoms with E-state index in [1.54, 1.807) is 12.1 Å². The Morgan fingerprint density at radius 2 is 1.40 bits per heavy atom. The molecule has 5 rings (SSSR count). The highest BCUT2D eigenvalue weighted by Crippen LogP contribution is 2.23. The van der Waals surface area contributed by atoms with Crippen LogP contribution in [0.15, 0.2) is 103 Å². The second kappa shape index (κ2) is 17.3. The second-order valence-corrected chi connectivity index (χ2v) is 12.4. The van der Waals surface area contributed by atoms with Crippen molar-refractivity contribution >= 4 is 17.8 Å². The predicted octanol–water partition coefficient (Wildman–Crippen LogP) is 5.31. The van der Waals surface area contributed by atoms with Gasteiger partial charge in [-0.3, -0.25) is 14.5 Å². The lowest BCUT2D eigenvalue weighted by atomic mass is 9.93. The summed E-state index contributed by atoms with van der Waals surface area (Å²) in [6, 6.07) is 34.7. The van der Waals surface area contributed by atoms with Crippen molar-refractivity contribution in [2.24, 2.45) is 0 Å². The molecule has 0 bridgehead atoms. The number of nitrogens with one attached hydrogen (secondary N) is 1. The van der Waals surface area contributed by atoms with Crippen molar-refractivity contribution in [3.8, 4) is 5.75 Å². The zero-order valence-electron chi connectivity index (χ0n) is 27.6. The standard InChI is InChI=1S/C40H45N3O5/c1-30(44)41-22-21-34-12-6-8-14-36(34)26-35-13-7-5-11-33(35)17-20-39(45)43-24-23-42(27-32-9-3-2-4-10-32)28-37(43)25-31-15-18-38(19-16-31)48-29-40(46)47/h2-16,18-19,37H,17,20-29H2,1H3,(H,41,44)(H,46,47)/t37-/m1/s1. The molecule has 48 heavy (non-hydrogen) atoms. The van der Waals surface area contributed by atoms with Gasteiger partial charge < -0.3 is 20.1 Å². The maximum atomic E-state index is 13.9. The van der Waals surface area contributed by atoms with Gasteiger partial charge in [-0.05, 0) is 71.2 Å². The van der Waals surface area contributed by atoms with Crippen molar-refractivity contribution in [2.45, 2.75) is 51.6 Å². The third-order valence-electron chi connectivity index (χ3n) is 8.89. The number of carboxylic acids is 1. The molecule has 1 aliphatic rings. The number of carboxylic acid groups (broad SMARTS) is 1. The zero-order chi connectivity index (χ0) is 33.7. The molecule has 0 radical (unpaired) electrons. The van der Waals surface area contributed by atoms with Gasteiger partial charge in [0.1, 0.15) is 5.75 Å². The number of carbonyl (C=O) groups excluding carboxylic acids is 2. The number of aliphatic carboxylic acids is 1. The van der Waals surface area contributed by atoms with Crippen LogP contribution >= 0.6 is 0 Å². The summed E-state index contributed by atoms with van der Waals surface area (Å²) in [5, 5.41) is 11.8. The van der Waals surface area contributed by atoms with E-state index < -0.39 is 5.97 Å². The highest BCUT2D eigenvalue weighted by Gasteiger charge is 2.30. The smallest absolute Gasteiger partial charge is 0.341 e. The lowest BCUT2D eigenvalue weighted by Gasteiger charge is -2.42. The molecule has 1 atom stereocenters. The Morgan fingerprint density at radius 3 is 2.04 bits per heavy atom. The van der Waals surface area contributed by atoms with E-state index in [1.165, 1.54) is 34.7 Å². The van der Waals surface area contributed by atoms with Gasteiger partial charge in [-0.15, -0.1) is 0 Å². The summed E-state index contributed by atoms with van der Waals surface area (Å²) < 4.78 is 5.32. The minimum Gasteiger partial charge on any atom is -0.482 e. The fourth-order valence-corrected chi connectivity index (χ4v) is 6.46. The summed E-state index contributed by atoms with van der Waals surface area (Å²) in [5.41, 5.74) is 7.17. The molecule has 0 saturated carbocycles. The van der Waals surface area contributed by atoms with E-state index >= 15 is 0 Å². The molecule has 4 aromatic rings. The summed E-state index contributed by atoms with van der Waals surface area (Å²) in [6.07, 6.45) is 3.33. The van der Waals surface area contributed by atoms with Crippen molar-refractivity contribution in [3.05, 3.63) is 137 Å². The van der Waals surface area contributed by atoms with Crippen LogP contribution in [0.1, 0.15) is 46.7 Å². The minimum absolute atomic E-state index is 0.00600. The quantitative estimate of drug-likeness (QED) is 0.182. The number of benzene rings is 4. The van der Waals surface area contributed by atoms with Gasteiger partial charge in [0.25, 0.3) is 0 Å². The van der Waals surface area contributed by atoms with E-state index in [2.05, 4.69) is 75.8 Å². The van der Waals surface area contributed by atoms with Crippen molar-refractivity contribution in [1.29, 1.82) is 0 Å². The number of piperazine rings is 1. The number of amides is 2. The zero-order valence-corrected chi connectivity index (χ0v) is 27.6. The van der Waals surface area contributed by atoms with E-state index in [0.29, 0.717) is 38.1 Å². The van der Waals surface area contributed by atoms with Gasteiger partial charge >= 0.3 is 5.97 Å². The normalized spacial score (nSPS) is 14.8. The molecule has 1 aliphatic heterocycles. The van der Waals surface area contributed by atoms with Crippen molar-refractivity contribution in [2.75, 3.05) is 32.8 Å². The van der Waals surface area contributed by atoms with Gasteiger partial charge in [-0.2, -0.15) is 0 Å². The monoisotopic (exact) mass is 647 g/mol. The SMILES string of the molecule is CC(=O)NCCc1ccccc1Cc1ccccc1CCC(=O)N1CCN(Cc2ccccc2)C[C@H]1Cc1ccc(OCC(=O)O)cc1. The predicted molar refractivity (Wildman–Crippen MR) is 187 cm³/mol. The molecule has 1 saturated heterocycles. The Hall–Kier alpha value is -4.95. The third-order valence-corrected chi connectivity index (χ3v) is 8.89. The summed E-state index contributed by atoms with van der Waals surface area (Å²) in [5.74, 6) is -0.369. The van der Waals surface area contributed by atoms with Crippen LogP contribution < -0.4 is 10.1 Å². The van der Waals surface area contributed by atoms with Gasteiger partial charge in [0.15, 0.2) is 6.61 Å². The molecule has 2 N–H and O–H groups in total. The van der Waals surface area contributed by atoms with Gasteiger partial charge in [0.2, 0.25) is 11.8 Å². The molecule has 250 valence electrons. The van der Waals surface area contributed by atoms with E-state index in [1.807, 2.05) is 30.3 Å². The molecule has 8 heteroatoms. The van der Waals surface area contributed by atoms with Gasteiger partial charge in [-0.1, -0.05) is 91.0 Å². The van der Waals surface area contributed by atoms with Crippen LogP contribution in [0.4, 0.5) is 0 Å². The Labute approximate surface area is 283 Å². The number of rotatable bonds is 15. The Bertz CT molecular complexity index is 1660. The van der Waals surface area contributed by atoms with Crippen LogP contribution in [0.3, 0.4) is 0 Å². The highest BCUT2D eigenvalue weighted by atomic mass is 16.5. The molecule has 1 heterocycles. The maximum Gasteiger partial charge on any atom is 0.341 e. The van der Waals surface area contributed by atoms with Crippen LogP contribution in [0.25, 0.3) is 0 Å². The Morgan fingerprint density at radius 1 is 0.771 bits per heavy atom. The molecule has 0 unspecified atom stereocenters. The van der Waals surface area contributed by atoms with E-state index in [9.17, 15) is 14.4 Å². The molecule has 0 aromatic heterocycles. The summed E-state index contributed by atoms with van der Waals surface area (Å²) in [7, 11) is 0. The van der Waals surface area contributed by atoms with Crippen LogP contribution in [-0.4, -0.2) is 71.5 Å². The third kappa shape index (κ3) is 10.3. The molecule has 0 spiro atoms. The first-order valence-electron chi connectivity index (χ1n) is 16.7. The molecule has 4 aromatic carbocycles. The molecule has 0 aliphatic carbocycles. The fourth-order valence-electron chi connectivity index (χ4n) is 6.46. The largest absolute Gasteiger partial charge is 0.482 e. The van der Waals surface area contributed by atoms with Crippen LogP contribution in [0, 0.1) is 0 Å². The molecular formula is C40H45N3O5. The Balaban J connectivity index is 1.26. The Kier molecular flexibility index (Phi) is 12.4. The fraction of sp³-hybridized carbons (Fsp3) is 0.325. The average Bonchev–Trinajstić information content (AvgIpc) is 3.08. The molecule has 2 amide bonds. The van der Waals surface area contributed by atoms with E-state index in [-0.39, 0.29) is 24.5 Å². The summed E-state index contributed by atoms with van der Waals surface area (Å²) in [6.45, 7) is 4.84. The number of hydrogen-bond acceptors (Lipinski definition) is 5.